The molecule has 3 heteroatoms. The van der Waals surface area contributed by atoms with Crippen molar-refractivity contribution in [2.45, 2.75) is 102 Å². The van der Waals surface area contributed by atoms with E-state index in [-0.39, 0.29) is 0 Å². The standard InChI is InChI=1S/C12H26.3C7H9N/c1-9-11(5,6)12(7,8)10(2,3)4;1-2-7-3-5-8-6-4-7;1-2-7-4-3-5-8-6-7;1-2-7-5-3-4-6-8-7/h9H2,1-8H3;3*3-6H,2H2,1H3. The van der Waals surface area contributed by atoms with Gasteiger partial charge in [-0.25, -0.2) is 0 Å². The first-order chi connectivity index (χ1) is 16.9. The van der Waals surface area contributed by atoms with Crippen molar-refractivity contribution in [2.75, 3.05) is 0 Å². The van der Waals surface area contributed by atoms with Crippen molar-refractivity contribution < 1.29 is 0 Å². The number of hydrogen-bond acceptors (Lipinski definition) is 3. The molecule has 0 atom stereocenters. The van der Waals surface area contributed by atoms with E-state index >= 15 is 0 Å². The van der Waals surface area contributed by atoms with Crippen molar-refractivity contribution in [1.29, 1.82) is 0 Å². The van der Waals surface area contributed by atoms with E-state index in [4.69, 9.17) is 0 Å². The molecule has 0 bridgehead atoms. The Labute approximate surface area is 223 Å². The zero-order chi connectivity index (χ0) is 27.7. The lowest BCUT2D eigenvalue weighted by Gasteiger charge is -2.50. The van der Waals surface area contributed by atoms with Gasteiger partial charge in [-0.15, -0.1) is 0 Å². The minimum atomic E-state index is 0.381. The van der Waals surface area contributed by atoms with Gasteiger partial charge in [0.25, 0.3) is 0 Å². The van der Waals surface area contributed by atoms with Crippen LogP contribution in [0.15, 0.2) is 73.4 Å². The molecule has 0 amide bonds. The van der Waals surface area contributed by atoms with Crippen molar-refractivity contribution in [3.05, 3.63) is 90.3 Å². The first kappa shape index (κ1) is 33.4. The van der Waals surface area contributed by atoms with Gasteiger partial charge >= 0.3 is 0 Å². The van der Waals surface area contributed by atoms with Crippen LogP contribution in [0.1, 0.15) is 99.4 Å². The summed E-state index contributed by atoms with van der Waals surface area (Å²) in [6.45, 7) is 25.2. The van der Waals surface area contributed by atoms with E-state index in [0.29, 0.717) is 16.2 Å². The first-order valence-corrected chi connectivity index (χ1v) is 13.5. The predicted octanol–water partition coefficient (Wildman–Crippen LogP) is 9.43. The fourth-order valence-electron chi connectivity index (χ4n) is 3.29. The van der Waals surface area contributed by atoms with Gasteiger partial charge in [-0.2, -0.15) is 0 Å². The van der Waals surface area contributed by atoms with Crippen molar-refractivity contribution >= 4 is 0 Å². The highest BCUT2D eigenvalue weighted by molar-refractivity contribution is 5.08. The Kier molecular flexibility index (Phi) is 15.8. The molecule has 0 aliphatic heterocycles. The number of aryl methyl sites for hydroxylation is 3. The summed E-state index contributed by atoms with van der Waals surface area (Å²) in [4.78, 5) is 11.9. The summed E-state index contributed by atoms with van der Waals surface area (Å²) in [5, 5.41) is 0. The molecule has 0 saturated carbocycles. The Bertz CT molecular complexity index is 802. The molecule has 0 aliphatic carbocycles. The molecule has 3 aromatic rings. The lowest BCUT2D eigenvalue weighted by Crippen LogP contribution is -2.42. The zero-order valence-electron chi connectivity index (χ0n) is 25.1. The summed E-state index contributed by atoms with van der Waals surface area (Å²) in [6.07, 6.45) is 13.6. The SMILES string of the molecule is CCC(C)(C)C(C)(C)C(C)(C)C.CCc1ccccn1.CCc1cccnc1.CCc1ccncc1. The number of pyridine rings is 3. The van der Waals surface area contributed by atoms with Crippen LogP contribution in [0.5, 0.6) is 0 Å². The number of aromatic nitrogens is 3. The fourth-order valence-corrected chi connectivity index (χ4v) is 3.29. The van der Waals surface area contributed by atoms with Gasteiger partial charge in [0, 0.05) is 36.7 Å². The van der Waals surface area contributed by atoms with E-state index in [1.807, 2.05) is 61.2 Å². The number of rotatable bonds is 5. The Balaban J connectivity index is 0.000000460. The first-order valence-electron chi connectivity index (χ1n) is 13.5. The largest absolute Gasteiger partial charge is 0.265 e. The number of nitrogens with zero attached hydrogens (tertiary/aromatic N) is 3. The summed E-state index contributed by atoms with van der Waals surface area (Å²) >= 11 is 0. The summed E-state index contributed by atoms with van der Waals surface area (Å²) in [7, 11) is 0. The summed E-state index contributed by atoms with van der Waals surface area (Å²) in [6, 6.07) is 14.1. The average Bonchev–Trinajstić information content (AvgIpc) is 2.90. The van der Waals surface area contributed by atoms with Crippen molar-refractivity contribution in [3.63, 3.8) is 0 Å². The quantitative estimate of drug-likeness (QED) is 0.357. The third kappa shape index (κ3) is 12.4. The van der Waals surface area contributed by atoms with Crippen LogP contribution in [-0.4, -0.2) is 15.0 Å². The van der Waals surface area contributed by atoms with E-state index in [1.165, 1.54) is 17.5 Å². The monoisotopic (exact) mass is 491 g/mol. The van der Waals surface area contributed by atoms with Gasteiger partial charge in [0.15, 0.2) is 0 Å². The Hall–Kier alpha value is -2.55. The van der Waals surface area contributed by atoms with Crippen LogP contribution in [0.3, 0.4) is 0 Å². The summed E-state index contributed by atoms with van der Waals surface area (Å²) in [5.74, 6) is 0. The molecule has 0 fully saturated rings. The molecule has 3 aromatic heterocycles. The van der Waals surface area contributed by atoms with E-state index in [9.17, 15) is 0 Å². The zero-order valence-corrected chi connectivity index (χ0v) is 25.1. The second-order valence-corrected chi connectivity index (χ2v) is 11.2. The fraction of sp³-hybridized carbons (Fsp3) is 0.545. The maximum absolute atomic E-state index is 4.10. The van der Waals surface area contributed by atoms with Crippen LogP contribution < -0.4 is 0 Å². The van der Waals surface area contributed by atoms with Crippen molar-refractivity contribution in [3.8, 4) is 0 Å². The minimum Gasteiger partial charge on any atom is -0.265 e. The predicted molar refractivity (Wildman–Crippen MR) is 158 cm³/mol. The maximum Gasteiger partial charge on any atom is 0.0400 e. The second kappa shape index (κ2) is 17.0. The van der Waals surface area contributed by atoms with Gasteiger partial charge in [0.1, 0.15) is 0 Å². The molecular weight excluding hydrogens is 438 g/mol. The lowest BCUT2D eigenvalue weighted by atomic mass is 9.55. The van der Waals surface area contributed by atoms with Gasteiger partial charge in [0.05, 0.1) is 0 Å². The highest BCUT2D eigenvalue weighted by Gasteiger charge is 2.43. The van der Waals surface area contributed by atoms with Gasteiger partial charge < -0.3 is 0 Å². The molecule has 0 N–H and O–H groups in total. The normalized spacial score (nSPS) is 11.1. The topological polar surface area (TPSA) is 38.7 Å². The minimum absolute atomic E-state index is 0.381. The van der Waals surface area contributed by atoms with Crippen molar-refractivity contribution in [1.82, 2.24) is 15.0 Å². The van der Waals surface area contributed by atoms with E-state index in [2.05, 4.69) is 97.2 Å². The Morgan fingerprint density at radius 2 is 1.19 bits per heavy atom. The molecule has 200 valence electrons. The van der Waals surface area contributed by atoms with Crippen LogP contribution in [-0.2, 0) is 19.3 Å². The van der Waals surface area contributed by atoms with E-state index in [1.54, 1.807) is 6.20 Å². The molecule has 36 heavy (non-hydrogen) atoms. The van der Waals surface area contributed by atoms with Gasteiger partial charge in [-0.1, -0.05) is 94.7 Å². The van der Waals surface area contributed by atoms with Gasteiger partial charge in [-0.05, 0) is 77.0 Å². The average molecular weight is 492 g/mol. The molecule has 0 radical (unpaired) electrons. The third-order valence-corrected chi connectivity index (χ3v) is 7.83. The molecule has 3 rings (SSSR count). The molecular formula is C33H53N3. The van der Waals surface area contributed by atoms with Gasteiger partial charge in [-0.3, -0.25) is 15.0 Å². The van der Waals surface area contributed by atoms with Crippen LogP contribution in [0.4, 0.5) is 0 Å². The molecule has 0 aromatic carbocycles. The summed E-state index contributed by atoms with van der Waals surface area (Å²) in [5.41, 5.74) is 4.99. The Morgan fingerprint density at radius 3 is 1.47 bits per heavy atom. The molecule has 0 aliphatic rings. The summed E-state index contributed by atoms with van der Waals surface area (Å²) < 4.78 is 0. The van der Waals surface area contributed by atoms with Crippen molar-refractivity contribution in [2.24, 2.45) is 16.2 Å². The molecule has 3 nitrogen and oxygen atoms in total. The van der Waals surface area contributed by atoms with E-state index in [0.717, 1.165) is 25.0 Å². The van der Waals surface area contributed by atoms with E-state index < -0.39 is 0 Å². The van der Waals surface area contributed by atoms with Crippen LogP contribution in [0, 0.1) is 16.2 Å². The molecule has 0 unspecified atom stereocenters. The lowest BCUT2D eigenvalue weighted by molar-refractivity contribution is -0.00993. The highest BCUT2D eigenvalue weighted by atomic mass is 14.7. The molecule has 0 saturated heterocycles. The highest BCUT2D eigenvalue weighted by Crippen LogP contribution is 2.52. The molecule has 3 heterocycles. The smallest absolute Gasteiger partial charge is 0.0400 e. The van der Waals surface area contributed by atoms with Crippen LogP contribution in [0.25, 0.3) is 0 Å². The second-order valence-electron chi connectivity index (χ2n) is 11.2. The van der Waals surface area contributed by atoms with Crippen LogP contribution in [0.2, 0.25) is 0 Å². The maximum atomic E-state index is 4.10. The third-order valence-electron chi connectivity index (χ3n) is 7.83. The van der Waals surface area contributed by atoms with Crippen LogP contribution >= 0.6 is 0 Å². The molecule has 0 spiro atoms. The number of hydrogen-bond donors (Lipinski definition) is 0. The van der Waals surface area contributed by atoms with Gasteiger partial charge in [0.2, 0.25) is 0 Å². The Morgan fingerprint density at radius 1 is 0.583 bits per heavy atom.